The standard InChI is InChI=1S/C21H25N3O3/c25-20(22-17-8-1-2-9-18(17)23-11-3-4-12-23)16-7-5-13-24(15-16)21(26)19-10-6-14-27-19/h1-2,6,8-10,14,16H,3-5,7,11-13,15H2,(H,22,25)/t16-/m0/s1. The minimum atomic E-state index is -0.204. The number of carbonyl (C=O) groups is 2. The maximum Gasteiger partial charge on any atom is 0.289 e. The van der Waals surface area contributed by atoms with Gasteiger partial charge in [-0.15, -0.1) is 0 Å². The van der Waals surface area contributed by atoms with Gasteiger partial charge in [0.1, 0.15) is 0 Å². The highest BCUT2D eigenvalue weighted by molar-refractivity contribution is 5.97. The molecule has 2 amide bonds. The molecule has 142 valence electrons. The average Bonchev–Trinajstić information content (AvgIpc) is 3.42. The van der Waals surface area contributed by atoms with E-state index < -0.39 is 0 Å². The average molecular weight is 367 g/mol. The molecule has 0 radical (unpaired) electrons. The predicted molar refractivity (Wildman–Crippen MR) is 104 cm³/mol. The largest absolute Gasteiger partial charge is 0.459 e. The van der Waals surface area contributed by atoms with Gasteiger partial charge in [-0.3, -0.25) is 9.59 Å². The van der Waals surface area contributed by atoms with E-state index in [1.807, 2.05) is 18.2 Å². The van der Waals surface area contributed by atoms with Crippen LogP contribution in [-0.4, -0.2) is 42.9 Å². The Hall–Kier alpha value is -2.76. The summed E-state index contributed by atoms with van der Waals surface area (Å²) in [6.07, 6.45) is 5.48. The molecule has 6 heteroatoms. The van der Waals surface area contributed by atoms with Gasteiger partial charge in [-0.2, -0.15) is 0 Å². The summed E-state index contributed by atoms with van der Waals surface area (Å²) in [5.74, 6) is -0.0340. The summed E-state index contributed by atoms with van der Waals surface area (Å²) in [6, 6.07) is 11.3. The first-order valence-electron chi connectivity index (χ1n) is 9.70. The zero-order valence-corrected chi connectivity index (χ0v) is 15.4. The van der Waals surface area contributed by atoms with Crippen molar-refractivity contribution in [3.8, 4) is 0 Å². The molecule has 2 aliphatic heterocycles. The Bertz CT molecular complexity index is 797. The molecule has 2 aliphatic rings. The van der Waals surface area contributed by atoms with Crippen molar-refractivity contribution in [1.29, 1.82) is 0 Å². The maximum absolute atomic E-state index is 12.9. The van der Waals surface area contributed by atoms with Crippen LogP contribution >= 0.6 is 0 Å². The lowest BCUT2D eigenvalue weighted by Crippen LogP contribution is -2.43. The van der Waals surface area contributed by atoms with E-state index in [4.69, 9.17) is 4.42 Å². The normalized spacial score (nSPS) is 19.9. The van der Waals surface area contributed by atoms with Gasteiger partial charge >= 0.3 is 0 Å². The van der Waals surface area contributed by atoms with Crippen LogP contribution in [0.1, 0.15) is 36.2 Å². The molecule has 0 saturated carbocycles. The van der Waals surface area contributed by atoms with E-state index in [2.05, 4.69) is 16.3 Å². The molecule has 4 rings (SSSR count). The Morgan fingerprint density at radius 2 is 1.81 bits per heavy atom. The molecular formula is C21H25N3O3. The topological polar surface area (TPSA) is 65.8 Å². The molecule has 2 saturated heterocycles. The number of hydrogen-bond acceptors (Lipinski definition) is 4. The zero-order valence-electron chi connectivity index (χ0n) is 15.4. The van der Waals surface area contributed by atoms with Gasteiger partial charge in [-0.05, 0) is 49.9 Å². The summed E-state index contributed by atoms with van der Waals surface area (Å²) < 4.78 is 5.22. The van der Waals surface area contributed by atoms with Crippen LogP contribution in [0.4, 0.5) is 11.4 Å². The molecule has 0 unspecified atom stereocenters. The lowest BCUT2D eigenvalue weighted by Gasteiger charge is -2.32. The van der Waals surface area contributed by atoms with Crippen molar-refractivity contribution in [3.63, 3.8) is 0 Å². The van der Waals surface area contributed by atoms with Gasteiger partial charge in [0.2, 0.25) is 5.91 Å². The van der Waals surface area contributed by atoms with Gasteiger partial charge in [-0.1, -0.05) is 12.1 Å². The smallest absolute Gasteiger partial charge is 0.289 e. The lowest BCUT2D eigenvalue weighted by molar-refractivity contribution is -0.121. The zero-order chi connectivity index (χ0) is 18.6. The van der Waals surface area contributed by atoms with Crippen LogP contribution in [-0.2, 0) is 4.79 Å². The number of anilines is 2. The van der Waals surface area contributed by atoms with Gasteiger partial charge in [0, 0.05) is 26.2 Å². The summed E-state index contributed by atoms with van der Waals surface area (Å²) in [5.41, 5.74) is 1.95. The fourth-order valence-electron chi connectivity index (χ4n) is 3.98. The minimum Gasteiger partial charge on any atom is -0.459 e. The van der Waals surface area contributed by atoms with Crippen LogP contribution in [0.2, 0.25) is 0 Å². The first-order valence-corrected chi connectivity index (χ1v) is 9.70. The van der Waals surface area contributed by atoms with Crippen LogP contribution in [0, 0.1) is 5.92 Å². The predicted octanol–water partition coefficient (Wildman–Crippen LogP) is 3.37. The van der Waals surface area contributed by atoms with Crippen LogP contribution in [0.5, 0.6) is 0 Å². The van der Waals surface area contributed by atoms with Crippen molar-refractivity contribution in [1.82, 2.24) is 4.90 Å². The number of nitrogens with zero attached hydrogens (tertiary/aromatic N) is 2. The molecule has 2 aromatic rings. The summed E-state index contributed by atoms with van der Waals surface area (Å²) in [6.45, 7) is 3.15. The Balaban J connectivity index is 1.43. The lowest BCUT2D eigenvalue weighted by atomic mass is 9.96. The Labute approximate surface area is 159 Å². The number of piperidine rings is 1. The number of para-hydroxylation sites is 2. The Morgan fingerprint density at radius 1 is 1.00 bits per heavy atom. The second-order valence-electron chi connectivity index (χ2n) is 7.27. The first-order chi connectivity index (χ1) is 13.2. The first kappa shape index (κ1) is 17.6. The van der Waals surface area contributed by atoms with E-state index in [-0.39, 0.29) is 17.7 Å². The fraction of sp³-hybridized carbons (Fsp3) is 0.429. The Kier molecular flexibility index (Phi) is 5.14. The highest BCUT2D eigenvalue weighted by Crippen LogP contribution is 2.30. The van der Waals surface area contributed by atoms with E-state index in [9.17, 15) is 9.59 Å². The van der Waals surface area contributed by atoms with Gasteiger partial charge < -0.3 is 19.5 Å². The molecule has 2 fully saturated rings. The third-order valence-electron chi connectivity index (χ3n) is 5.42. The molecule has 0 aliphatic carbocycles. The molecule has 1 N–H and O–H groups in total. The monoisotopic (exact) mass is 367 g/mol. The molecule has 27 heavy (non-hydrogen) atoms. The number of likely N-dealkylation sites (tertiary alicyclic amines) is 1. The molecule has 1 aromatic carbocycles. The molecule has 0 bridgehead atoms. The highest BCUT2D eigenvalue weighted by atomic mass is 16.3. The molecule has 1 aromatic heterocycles. The molecule has 0 spiro atoms. The molecular weight excluding hydrogens is 342 g/mol. The van der Waals surface area contributed by atoms with Crippen molar-refractivity contribution >= 4 is 23.2 Å². The van der Waals surface area contributed by atoms with Gasteiger partial charge in [-0.25, -0.2) is 0 Å². The van der Waals surface area contributed by atoms with E-state index in [0.717, 1.165) is 37.3 Å². The molecule has 1 atom stereocenters. The SMILES string of the molecule is O=C(Nc1ccccc1N1CCCC1)[C@H]1CCCN(C(=O)c2ccco2)C1. The minimum absolute atomic E-state index is 0.0152. The third kappa shape index (κ3) is 3.84. The maximum atomic E-state index is 12.9. The number of benzene rings is 1. The number of carbonyl (C=O) groups excluding carboxylic acids is 2. The van der Waals surface area contributed by atoms with Crippen LogP contribution in [0.25, 0.3) is 0 Å². The van der Waals surface area contributed by atoms with Crippen molar-refractivity contribution in [2.75, 3.05) is 36.4 Å². The van der Waals surface area contributed by atoms with E-state index in [1.54, 1.807) is 17.0 Å². The Morgan fingerprint density at radius 3 is 2.59 bits per heavy atom. The van der Waals surface area contributed by atoms with E-state index >= 15 is 0 Å². The summed E-state index contributed by atoms with van der Waals surface area (Å²) in [5, 5.41) is 3.11. The van der Waals surface area contributed by atoms with Crippen molar-refractivity contribution in [3.05, 3.63) is 48.4 Å². The summed E-state index contributed by atoms with van der Waals surface area (Å²) in [4.78, 5) is 29.5. The number of hydrogen-bond donors (Lipinski definition) is 1. The van der Waals surface area contributed by atoms with Gasteiger partial charge in [0.05, 0.1) is 23.6 Å². The summed E-state index contributed by atoms with van der Waals surface area (Å²) >= 11 is 0. The third-order valence-corrected chi connectivity index (χ3v) is 5.42. The summed E-state index contributed by atoms with van der Waals surface area (Å²) in [7, 11) is 0. The van der Waals surface area contributed by atoms with Crippen LogP contribution < -0.4 is 10.2 Å². The van der Waals surface area contributed by atoms with E-state index in [1.165, 1.54) is 19.1 Å². The van der Waals surface area contributed by atoms with Crippen LogP contribution in [0.3, 0.4) is 0 Å². The highest BCUT2D eigenvalue weighted by Gasteiger charge is 2.30. The molecule has 3 heterocycles. The second-order valence-corrected chi connectivity index (χ2v) is 7.27. The van der Waals surface area contributed by atoms with E-state index in [0.29, 0.717) is 18.8 Å². The van der Waals surface area contributed by atoms with Crippen molar-refractivity contribution in [2.45, 2.75) is 25.7 Å². The van der Waals surface area contributed by atoms with Crippen LogP contribution in [0.15, 0.2) is 47.1 Å². The number of amides is 2. The fourth-order valence-corrected chi connectivity index (χ4v) is 3.98. The molecule has 6 nitrogen and oxygen atoms in total. The second kappa shape index (κ2) is 7.86. The van der Waals surface area contributed by atoms with Crippen molar-refractivity contribution in [2.24, 2.45) is 5.92 Å². The van der Waals surface area contributed by atoms with Gasteiger partial charge in [0.15, 0.2) is 5.76 Å². The number of nitrogens with one attached hydrogen (secondary N) is 1. The van der Waals surface area contributed by atoms with Gasteiger partial charge in [0.25, 0.3) is 5.91 Å². The number of rotatable bonds is 4. The number of furan rings is 1. The quantitative estimate of drug-likeness (QED) is 0.900. The van der Waals surface area contributed by atoms with Crippen molar-refractivity contribution < 1.29 is 14.0 Å².